The van der Waals surface area contributed by atoms with Crippen molar-refractivity contribution in [3.05, 3.63) is 54.3 Å². The summed E-state index contributed by atoms with van der Waals surface area (Å²) in [5.41, 5.74) is 0. The Kier molecular flexibility index (Phi) is 6.18. The maximum absolute atomic E-state index is 13.5. The Morgan fingerprint density at radius 1 is 1.04 bits per heavy atom. The van der Waals surface area contributed by atoms with Gasteiger partial charge in [-0.1, -0.05) is 36.1 Å². The van der Waals surface area contributed by atoms with E-state index in [-0.39, 0.29) is 13.2 Å². The number of halogens is 1. The Balaban J connectivity index is 1.87. The van der Waals surface area contributed by atoms with E-state index in [0.29, 0.717) is 11.5 Å². The molecule has 0 spiro atoms. The van der Waals surface area contributed by atoms with Crippen LogP contribution in [0.2, 0.25) is 0 Å². The number of rotatable bonds is 6. The van der Waals surface area contributed by atoms with Crippen molar-refractivity contribution in [2.75, 3.05) is 20.3 Å². The van der Waals surface area contributed by atoms with Crippen LogP contribution >= 0.6 is 0 Å². The van der Waals surface area contributed by atoms with Gasteiger partial charge < -0.3 is 9.47 Å². The van der Waals surface area contributed by atoms with Crippen molar-refractivity contribution in [3.63, 3.8) is 0 Å². The summed E-state index contributed by atoms with van der Waals surface area (Å²) in [6.45, 7) is -0.0756. The Morgan fingerprint density at radius 3 is 2.42 bits per heavy atom. The van der Waals surface area contributed by atoms with Gasteiger partial charge in [0.25, 0.3) is 0 Å². The monoisotopic (exact) mass is 349 g/mol. The molecule has 0 amide bonds. The number of para-hydroxylation sites is 2. The molecule has 0 unspecified atom stereocenters. The minimum Gasteiger partial charge on any atom is -0.493 e. The van der Waals surface area contributed by atoms with Gasteiger partial charge in [0.1, 0.15) is 17.3 Å². The van der Waals surface area contributed by atoms with E-state index < -0.39 is 20.7 Å². The largest absolute Gasteiger partial charge is 0.493 e. The van der Waals surface area contributed by atoms with Crippen molar-refractivity contribution < 1.29 is 22.3 Å². The first-order valence-electron chi connectivity index (χ1n) is 7.00. The first kappa shape index (κ1) is 17.8. The molecule has 0 atom stereocenters. The van der Waals surface area contributed by atoms with Crippen molar-refractivity contribution >= 4 is 10.0 Å². The fraction of sp³-hybridized carbons (Fsp3) is 0.176. The normalized spacial score (nSPS) is 10.6. The number of hydrogen-bond acceptors (Lipinski definition) is 4. The summed E-state index contributed by atoms with van der Waals surface area (Å²) < 4.78 is 50.1. The third-order valence-corrected chi connectivity index (χ3v) is 4.41. The highest BCUT2D eigenvalue weighted by Crippen LogP contribution is 2.25. The molecule has 24 heavy (non-hydrogen) atoms. The van der Waals surface area contributed by atoms with E-state index in [1.54, 1.807) is 18.2 Å². The molecule has 0 radical (unpaired) electrons. The maximum Gasteiger partial charge on any atom is 0.244 e. The third kappa shape index (κ3) is 4.72. The molecule has 2 aromatic rings. The number of ether oxygens (including phenoxy) is 2. The van der Waals surface area contributed by atoms with Crippen LogP contribution in [-0.4, -0.2) is 28.7 Å². The zero-order chi connectivity index (χ0) is 17.4. The molecule has 7 heteroatoms. The number of hydrogen-bond donors (Lipinski definition) is 1. The molecular formula is C17H16FNO4S. The van der Waals surface area contributed by atoms with E-state index >= 15 is 0 Å². The molecule has 0 aromatic heterocycles. The molecule has 0 saturated carbocycles. The second-order valence-electron chi connectivity index (χ2n) is 4.55. The lowest BCUT2D eigenvalue weighted by atomic mass is 10.3. The van der Waals surface area contributed by atoms with Gasteiger partial charge in [0.2, 0.25) is 10.0 Å². The second-order valence-corrected chi connectivity index (χ2v) is 6.28. The molecule has 2 rings (SSSR count). The Bertz CT molecular complexity index is 856. The first-order valence-corrected chi connectivity index (χ1v) is 8.48. The van der Waals surface area contributed by atoms with Crippen LogP contribution in [0.1, 0.15) is 0 Å². The van der Waals surface area contributed by atoms with Gasteiger partial charge in [-0.2, -0.15) is 4.72 Å². The fourth-order valence-electron chi connectivity index (χ4n) is 1.84. The van der Waals surface area contributed by atoms with E-state index in [0.717, 1.165) is 6.07 Å². The van der Waals surface area contributed by atoms with Crippen molar-refractivity contribution in [2.45, 2.75) is 4.90 Å². The molecule has 0 aliphatic carbocycles. The van der Waals surface area contributed by atoms with Crippen molar-refractivity contribution in [2.24, 2.45) is 0 Å². The predicted molar refractivity (Wildman–Crippen MR) is 87.9 cm³/mol. The van der Waals surface area contributed by atoms with Crippen LogP contribution in [0.15, 0.2) is 53.4 Å². The Hall–Kier alpha value is -2.56. The summed E-state index contributed by atoms with van der Waals surface area (Å²) in [6.07, 6.45) is 0. The predicted octanol–water partition coefficient (Wildman–Crippen LogP) is 2.20. The Labute approximate surface area is 140 Å². The lowest BCUT2D eigenvalue weighted by molar-refractivity contribution is 0.331. The molecule has 1 N–H and O–H groups in total. The molecule has 0 fully saturated rings. The minimum atomic E-state index is -3.93. The maximum atomic E-state index is 13.5. The number of nitrogens with one attached hydrogen (secondary N) is 1. The van der Waals surface area contributed by atoms with E-state index in [9.17, 15) is 12.8 Å². The molecule has 0 heterocycles. The molecule has 0 aliphatic rings. The van der Waals surface area contributed by atoms with Gasteiger partial charge in [0.15, 0.2) is 11.5 Å². The molecular weight excluding hydrogens is 333 g/mol. The summed E-state index contributed by atoms with van der Waals surface area (Å²) in [4.78, 5) is -0.405. The second kappa shape index (κ2) is 8.34. The molecule has 0 aliphatic heterocycles. The smallest absolute Gasteiger partial charge is 0.244 e. The summed E-state index contributed by atoms with van der Waals surface area (Å²) >= 11 is 0. The summed E-state index contributed by atoms with van der Waals surface area (Å²) in [6, 6.07) is 12.3. The van der Waals surface area contributed by atoms with E-state index in [1.807, 2.05) is 6.07 Å². The zero-order valence-corrected chi connectivity index (χ0v) is 13.8. The lowest BCUT2D eigenvalue weighted by Crippen LogP contribution is -2.25. The SMILES string of the molecule is COc1ccccc1OCC#CCNS(=O)(=O)c1ccccc1F. The minimum absolute atomic E-state index is 0.0712. The van der Waals surface area contributed by atoms with Crippen LogP contribution in [0, 0.1) is 17.7 Å². The van der Waals surface area contributed by atoms with Crippen LogP contribution in [0.4, 0.5) is 4.39 Å². The van der Waals surface area contributed by atoms with Gasteiger partial charge in [-0.15, -0.1) is 0 Å². The van der Waals surface area contributed by atoms with Crippen LogP contribution in [0.25, 0.3) is 0 Å². The molecule has 126 valence electrons. The topological polar surface area (TPSA) is 64.6 Å². The average Bonchev–Trinajstić information content (AvgIpc) is 2.58. The van der Waals surface area contributed by atoms with Crippen LogP contribution in [0.5, 0.6) is 11.5 Å². The number of benzene rings is 2. The highest BCUT2D eigenvalue weighted by molar-refractivity contribution is 7.89. The summed E-state index contributed by atoms with van der Waals surface area (Å²) in [5.74, 6) is 5.60. The zero-order valence-electron chi connectivity index (χ0n) is 13.0. The van der Waals surface area contributed by atoms with Crippen LogP contribution in [0.3, 0.4) is 0 Å². The van der Waals surface area contributed by atoms with Crippen molar-refractivity contribution in [1.82, 2.24) is 4.72 Å². The van der Waals surface area contributed by atoms with Gasteiger partial charge in [-0.05, 0) is 24.3 Å². The summed E-state index contributed by atoms with van der Waals surface area (Å²) in [7, 11) is -2.40. The van der Waals surface area contributed by atoms with E-state index in [4.69, 9.17) is 9.47 Å². The van der Waals surface area contributed by atoms with Gasteiger partial charge in [0.05, 0.1) is 13.7 Å². The quantitative estimate of drug-likeness (QED) is 0.812. The Morgan fingerprint density at radius 2 is 1.71 bits per heavy atom. The van der Waals surface area contributed by atoms with Crippen molar-refractivity contribution in [3.8, 4) is 23.3 Å². The summed E-state index contributed by atoms with van der Waals surface area (Å²) in [5, 5.41) is 0. The average molecular weight is 349 g/mol. The molecule has 5 nitrogen and oxygen atoms in total. The van der Waals surface area contributed by atoms with Crippen LogP contribution < -0.4 is 14.2 Å². The first-order chi connectivity index (χ1) is 11.5. The van der Waals surface area contributed by atoms with Gasteiger partial charge in [-0.25, -0.2) is 12.8 Å². The standard InChI is InChI=1S/C17H16FNO4S/c1-22-15-9-3-4-10-16(15)23-13-7-6-12-19-24(20,21)17-11-5-2-8-14(17)18/h2-5,8-11,19H,12-13H2,1H3. The third-order valence-electron chi connectivity index (χ3n) is 2.97. The lowest BCUT2D eigenvalue weighted by Gasteiger charge is -2.07. The van der Waals surface area contributed by atoms with Gasteiger partial charge in [-0.3, -0.25) is 0 Å². The number of methoxy groups -OCH3 is 1. The van der Waals surface area contributed by atoms with Gasteiger partial charge >= 0.3 is 0 Å². The molecule has 0 saturated heterocycles. The highest BCUT2D eigenvalue weighted by atomic mass is 32.2. The fourth-order valence-corrected chi connectivity index (χ4v) is 2.84. The molecule has 0 bridgehead atoms. The van der Waals surface area contributed by atoms with E-state index in [1.165, 1.54) is 25.3 Å². The molecule has 2 aromatic carbocycles. The van der Waals surface area contributed by atoms with Crippen molar-refractivity contribution in [1.29, 1.82) is 0 Å². The highest BCUT2D eigenvalue weighted by Gasteiger charge is 2.16. The van der Waals surface area contributed by atoms with Gasteiger partial charge in [0, 0.05) is 0 Å². The van der Waals surface area contributed by atoms with Crippen LogP contribution in [-0.2, 0) is 10.0 Å². The number of sulfonamides is 1. The van der Waals surface area contributed by atoms with E-state index in [2.05, 4.69) is 16.6 Å².